The summed E-state index contributed by atoms with van der Waals surface area (Å²) in [5.74, 6) is -1.12. The van der Waals surface area contributed by atoms with Crippen LogP contribution in [0.5, 0.6) is 0 Å². The van der Waals surface area contributed by atoms with Crippen LogP contribution in [0.3, 0.4) is 0 Å². The van der Waals surface area contributed by atoms with Crippen LogP contribution < -0.4 is 5.32 Å². The molecule has 124 valence electrons. The third-order valence-electron chi connectivity index (χ3n) is 3.95. The number of aromatic nitrogens is 3. The molecule has 0 saturated carbocycles. The fourth-order valence-electron chi connectivity index (χ4n) is 2.73. The first kappa shape index (κ1) is 15.3. The molecule has 6 heteroatoms. The Morgan fingerprint density at radius 1 is 1.00 bits per heavy atom. The Labute approximate surface area is 142 Å². The number of nitrogens with one attached hydrogen (secondary N) is 1. The van der Waals surface area contributed by atoms with Crippen LogP contribution in [0.25, 0.3) is 16.9 Å². The van der Waals surface area contributed by atoms with Gasteiger partial charge < -0.3 is 5.32 Å². The van der Waals surface area contributed by atoms with Crippen LogP contribution in [0.4, 0.5) is 20.3 Å². The molecule has 4 aromatic rings. The summed E-state index contributed by atoms with van der Waals surface area (Å²) in [6.45, 7) is 1.87. The molecule has 0 spiro atoms. The summed E-state index contributed by atoms with van der Waals surface area (Å²) in [6, 6.07) is 13.4. The number of anilines is 2. The Balaban J connectivity index is 1.91. The summed E-state index contributed by atoms with van der Waals surface area (Å²) in [7, 11) is 0. The molecule has 0 bridgehead atoms. The lowest BCUT2D eigenvalue weighted by Gasteiger charge is -2.09. The zero-order valence-electron chi connectivity index (χ0n) is 13.4. The maximum Gasteiger partial charge on any atom is 0.160 e. The van der Waals surface area contributed by atoms with Crippen molar-refractivity contribution in [2.75, 3.05) is 5.32 Å². The van der Waals surface area contributed by atoms with Gasteiger partial charge >= 0.3 is 0 Å². The van der Waals surface area contributed by atoms with Crippen molar-refractivity contribution in [3.63, 3.8) is 0 Å². The minimum Gasteiger partial charge on any atom is -0.339 e. The molecule has 0 fully saturated rings. The van der Waals surface area contributed by atoms with Gasteiger partial charge in [0.2, 0.25) is 0 Å². The molecule has 0 aliphatic carbocycles. The highest BCUT2D eigenvalue weighted by Gasteiger charge is 2.16. The van der Waals surface area contributed by atoms with Gasteiger partial charge in [0, 0.05) is 29.7 Å². The molecule has 4 rings (SSSR count). The SMILES string of the molecule is Cc1nccn2c(Nc3ccc(F)c(F)c3)c(-c3ccccc3)nc12. The number of aryl methyl sites for hydroxylation is 1. The fraction of sp³-hybridized carbons (Fsp3) is 0.0526. The average Bonchev–Trinajstić information content (AvgIpc) is 2.99. The van der Waals surface area contributed by atoms with Crippen LogP contribution >= 0.6 is 0 Å². The third-order valence-corrected chi connectivity index (χ3v) is 3.95. The van der Waals surface area contributed by atoms with Gasteiger partial charge in [0.05, 0.1) is 5.69 Å². The summed E-state index contributed by atoms with van der Waals surface area (Å²) in [5, 5.41) is 3.16. The quantitative estimate of drug-likeness (QED) is 0.588. The van der Waals surface area contributed by atoms with Crippen LogP contribution in [0.1, 0.15) is 5.69 Å². The molecular formula is C19H14F2N4. The van der Waals surface area contributed by atoms with E-state index in [1.54, 1.807) is 12.4 Å². The zero-order chi connectivity index (χ0) is 17.4. The molecule has 4 nitrogen and oxygen atoms in total. The fourth-order valence-corrected chi connectivity index (χ4v) is 2.73. The third kappa shape index (κ3) is 2.71. The van der Waals surface area contributed by atoms with E-state index in [9.17, 15) is 8.78 Å². The van der Waals surface area contributed by atoms with E-state index in [1.807, 2.05) is 41.7 Å². The van der Waals surface area contributed by atoms with E-state index in [4.69, 9.17) is 0 Å². The summed E-state index contributed by atoms with van der Waals surface area (Å²) >= 11 is 0. The predicted molar refractivity (Wildman–Crippen MR) is 92.8 cm³/mol. The van der Waals surface area contributed by atoms with Gasteiger partial charge in [-0.2, -0.15) is 0 Å². The van der Waals surface area contributed by atoms with Crippen molar-refractivity contribution < 1.29 is 8.78 Å². The van der Waals surface area contributed by atoms with E-state index < -0.39 is 11.6 Å². The van der Waals surface area contributed by atoms with Crippen molar-refractivity contribution in [2.45, 2.75) is 6.92 Å². The van der Waals surface area contributed by atoms with Crippen molar-refractivity contribution >= 4 is 17.2 Å². The number of halogens is 2. The maximum atomic E-state index is 13.6. The van der Waals surface area contributed by atoms with Gasteiger partial charge in [0.15, 0.2) is 17.3 Å². The van der Waals surface area contributed by atoms with Crippen molar-refractivity contribution in [1.29, 1.82) is 0 Å². The van der Waals surface area contributed by atoms with Gasteiger partial charge in [-0.05, 0) is 19.1 Å². The average molecular weight is 336 g/mol. The summed E-state index contributed by atoms with van der Waals surface area (Å²) < 4.78 is 28.6. The number of hydrogen-bond donors (Lipinski definition) is 1. The maximum absolute atomic E-state index is 13.6. The number of fused-ring (bicyclic) bond motifs is 1. The first-order valence-corrected chi connectivity index (χ1v) is 7.74. The monoisotopic (exact) mass is 336 g/mol. The minimum atomic E-state index is -0.905. The topological polar surface area (TPSA) is 42.2 Å². The Hall–Kier alpha value is -3.28. The molecule has 0 amide bonds. The molecular weight excluding hydrogens is 322 g/mol. The Kier molecular flexibility index (Phi) is 3.65. The zero-order valence-corrected chi connectivity index (χ0v) is 13.4. The lowest BCUT2D eigenvalue weighted by molar-refractivity contribution is 0.509. The number of rotatable bonds is 3. The van der Waals surface area contributed by atoms with Crippen LogP contribution in [-0.4, -0.2) is 14.4 Å². The highest BCUT2D eigenvalue weighted by molar-refractivity contribution is 5.80. The van der Waals surface area contributed by atoms with E-state index >= 15 is 0 Å². The van der Waals surface area contributed by atoms with Crippen LogP contribution in [0.2, 0.25) is 0 Å². The number of hydrogen-bond acceptors (Lipinski definition) is 3. The number of nitrogens with zero attached hydrogens (tertiary/aromatic N) is 3. The molecule has 25 heavy (non-hydrogen) atoms. The summed E-state index contributed by atoms with van der Waals surface area (Å²) in [5.41, 5.74) is 3.54. The van der Waals surface area contributed by atoms with Gasteiger partial charge in [0.1, 0.15) is 11.5 Å². The Morgan fingerprint density at radius 2 is 1.80 bits per heavy atom. The second-order valence-corrected chi connectivity index (χ2v) is 5.64. The van der Waals surface area contributed by atoms with Crippen molar-refractivity contribution in [2.24, 2.45) is 0 Å². The van der Waals surface area contributed by atoms with Gasteiger partial charge in [-0.25, -0.2) is 13.8 Å². The molecule has 2 aromatic carbocycles. The van der Waals surface area contributed by atoms with E-state index in [2.05, 4.69) is 15.3 Å². The Morgan fingerprint density at radius 3 is 2.56 bits per heavy atom. The van der Waals surface area contributed by atoms with E-state index in [1.165, 1.54) is 6.07 Å². The normalized spacial score (nSPS) is 11.0. The molecule has 0 radical (unpaired) electrons. The van der Waals surface area contributed by atoms with Crippen LogP contribution in [0.15, 0.2) is 60.9 Å². The highest BCUT2D eigenvalue weighted by atomic mass is 19.2. The van der Waals surface area contributed by atoms with Crippen LogP contribution in [0, 0.1) is 18.6 Å². The molecule has 2 heterocycles. The van der Waals surface area contributed by atoms with Gasteiger partial charge in [0.25, 0.3) is 0 Å². The molecule has 2 aromatic heterocycles. The van der Waals surface area contributed by atoms with Gasteiger partial charge in [-0.3, -0.25) is 9.38 Å². The Bertz CT molecular complexity index is 1060. The second-order valence-electron chi connectivity index (χ2n) is 5.64. The van der Waals surface area contributed by atoms with Crippen molar-refractivity contribution in [3.8, 4) is 11.3 Å². The van der Waals surface area contributed by atoms with E-state index in [0.717, 1.165) is 23.4 Å². The highest BCUT2D eigenvalue weighted by Crippen LogP contribution is 2.31. The standard InChI is InChI=1S/C19H14F2N4/c1-12-18-24-17(13-5-3-2-4-6-13)19(25(18)10-9-22-12)23-14-7-8-15(20)16(21)11-14/h2-11,23H,1H3. The second kappa shape index (κ2) is 5.98. The molecule has 0 aliphatic rings. The minimum absolute atomic E-state index is 0.437. The largest absolute Gasteiger partial charge is 0.339 e. The summed E-state index contributed by atoms with van der Waals surface area (Å²) in [4.78, 5) is 8.96. The molecule has 0 unspecified atom stereocenters. The van der Waals surface area contributed by atoms with Crippen molar-refractivity contribution in [1.82, 2.24) is 14.4 Å². The van der Waals surface area contributed by atoms with Gasteiger partial charge in [-0.1, -0.05) is 30.3 Å². The van der Waals surface area contributed by atoms with Crippen molar-refractivity contribution in [3.05, 3.63) is 78.3 Å². The predicted octanol–water partition coefficient (Wildman–Crippen LogP) is 4.73. The van der Waals surface area contributed by atoms with E-state index in [0.29, 0.717) is 22.8 Å². The lowest BCUT2D eigenvalue weighted by Crippen LogP contribution is -1.99. The first-order valence-electron chi connectivity index (χ1n) is 7.74. The molecule has 0 saturated heterocycles. The lowest BCUT2D eigenvalue weighted by atomic mass is 10.1. The van der Waals surface area contributed by atoms with E-state index in [-0.39, 0.29) is 0 Å². The number of benzene rings is 2. The first-order chi connectivity index (χ1) is 12.1. The smallest absolute Gasteiger partial charge is 0.160 e. The molecule has 0 aliphatic heterocycles. The molecule has 1 N–H and O–H groups in total. The molecule has 0 atom stereocenters. The van der Waals surface area contributed by atoms with Gasteiger partial charge in [-0.15, -0.1) is 0 Å². The number of imidazole rings is 1. The summed E-state index contributed by atoms with van der Waals surface area (Å²) in [6.07, 6.45) is 3.46. The van der Waals surface area contributed by atoms with Crippen LogP contribution in [-0.2, 0) is 0 Å².